The largest absolute Gasteiger partial charge is 0.494 e. The third-order valence-corrected chi connectivity index (χ3v) is 4.61. The smallest absolute Gasteiger partial charge is 0.252 e. The van der Waals surface area contributed by atoms with E-state index < -0.39 is 5.82 Å². The minimum atomic E-state index is -0.546. The van der Waals surface area contributed by atoms with Gasteiger partial charge in [-0.1, -0.05) is 30.3 Å². The summed E-state index contributed by atoms with van der Waals surface area (Å²) in [4.78, 5) is 14.1. The summed E-state index contributed by atoms with van der Waals surface area (Å²) < 4.78 is 24.2. The molecule has 0 spiro atoms. The number of hydrogen-bond donors (Lipinski definition) is 2. The van der Waals surface area contributed by atoms with Crippen LogP contribution in [0.3, 0.4) is 0 Å². The van der Waals surface area contributed by atoms with Crippen molar-refractivity contribution in [1.82, 2.24) is 5.32 Å². The van der Waals surface area contributed by atoms with Gasteiger partial charge in [0, 0.05) is 5.56 Å². The maximum absolute atomic E-state index is 13.9. The highest BCUT2D eigenvalue weighted by molar-refractivity contribution is 5.94. The van der Waals surface area contributed by atoms with Crippen molar-refractivity contribution < 1.29 is 23.6 Å². The van der Waals surface area contributed by atoms with Crippen molar-refractivity contribution in [3.8, 4) is 5.75 Å². The Morgan fingerprint density at radius 3 is 2.62 bits per heavy atom. The van der Waals surface area contributed by atoms with Crippen LogP contribution in [0.5, 0.6) is 5.75 Å². The van der Waals surface area contributed by atoms with Crippen molar-refractivity contribution in [2.75, 3.05) is 40.0 Å². The molecule has 1 aliphatic heterocycles. The lowest BCUT2D eigenvalue weighted by atomic mass is 10.1. The molecular formula is C20H24FN2O3+. The lowest BCUT2D eigenvalue weighted by molar-refractivity contribution is -0.909. The zero-order chi connectivity index (χ0) is 18.4. The van der Waals surface area contributed by atoms with Crippen molar-refractivity contribution in [2.45, 2.75) is 6.04 Å². The van der Waals surface area contributed by atoms with Gasteiger partial charge in [-0.05, 0) is 23.8 Å². The standard InChI is InChI=1S/C20H23FN2O3/c1-25-19-8-7-16(13-17(19)21)20(24)22-18(15-5-3-2-4-6-15)14-23-9-11-26-12-10-23/h2-8,13,18H,9-12,14H2,1H3,(H,22,24)/p+1/t18-/m0/s1. The first-order valence-corrected chi connectivity index (χ1v) is 8.78. The van der Waals surface area contributed by atoms with Crippen LogP contribution in [-0.2, 0) is 4.74 Å². The van der Waals surface area contributed by atoms with Gasteiger partial charge in [0.15, 0.2) is 11.6 Å². The molecule has 0 bridgehead atoms. The number of quaternary nitrogens is 1. The van der Waals surface area contributed by atoms with Crippen LogP contribution in [0.2, 0.25) is 0 Å². The summed E-state index contributed by atoms with van der Waals surface area (Å²) in [6.45, 7) is 4.05. The first-order valence-electron chi connectivity index (χ1n) is 8.78. The van der Waals surface area contributed by atoms with Crippen molar-refractivity contribution in [2.24, 2.45) is 0 Å². The van der Waals surface area contributed by atoms with Gasteiger partial charge in [0.05, 0.1) is 20.3 Å². The van der Waals surface area contributed by atoms with E-state index in [4.69, 9.17) is 9.47 Å². The van der Waals surface area contributed by atoms with Crippen LogP contribution in [0.25, 0.3) is 0 Å². The van der Waals surface area contributed by atoms with Crippen LogP contribution in [0, 0.1) is 5.82 Å². The normalized spacial score (nSPS) is 16.1. The average molecular weight is 359 g/mol. The molecule has 0 saturated carbocycles. The molecule has 5 nitrogen and oxygen atoms in total. The molecule has 2 aromatic rings. The lowest BCUT2D eigenvalue weighted by Gasteiger charge is -2.28. The SMILES string of the molecule is COc1ccc(C(=O)N[C@@H](C[NH+]2CCOCC2)c2ccccc2)cc1F. The topological polar surface area (TPSA) is 52.0 Å². The van der Waals surface area contributed by atoms with Crippen LogP contribution >= 0.6 is 0 Å². The Kier molecular flexibility index (Phi) is 6.20. The van der Waals surface area contributed by atoms with Gasteiger partial charge in [0.2, 0.25) is 0 Å². The Bertz CT molecular complexity index is 733. The number of carbonyl (C=O) groups excluding carboxylic acids is 1. The second kappa shape index (κ2) is 8.78. The number of amides is 1. The fourth-order valence-corrected chi connectivity index (χ4v) is 3.14. The van der Waals surface area contributed by atoms with Crippen LogP contribution < -0.4 is 15.0 Å². The third-order valence-electron chi connectivity index (χ3n) is 4.61. The Morgan fingerprint density at radius 2 is 1.96 bits per heavy atom. The van der Waals surface area contributed by atoms with E-state index in [0.717, 1.165) is 38.4 Å². The molecule has 0 unspecified atom stereocenters. The zero-order valence-corrected chi connectivity index (χ0v) is 14.8. The molecule has 138 valence electrons. The number of nitrogens with one attached hydrogen (secondary N) is 2. The molecule has 26 heavy (non-hydrogen) atoms. The molecule has 0 radical (unpaired) electrons. The van der Waals surface area contributed by atoms with E-state index in [1.807, 2.05) is 30.3 Å². The van der Waals surface area contributed by atoms with Gasteiger partial charge in [0.25, 0.3) is 5.91 Å². The molecular weight excluding hydrogens is 335 g/mol. The lowest BCUT2D eigenvalue weighted by Crippen LogP contribution is -3.14. The van der Waals surface area contributed by atoms with Crippen molar-refractivity contribution in [3.63, 3.8) is 0 Å². The van der Waals surface area contributed by atoms with E-state index in [1.165, 1.54) is 24.1 Å². The maximum atomic E-state index is 13.9. The number of hydrogen-bond acceptors (Lipinski definition) is 3. The van der Waals surface area contributed by atoms with Gasteiger partial charge in [0.1, 0.15) is 25.7 Å². The van der Waals surface area contributed by atoms with Crippen LogP contribution in [-0.4, -0.2) is 45.9 Å². The first-order chi connectivity index (χ1) is 12.7. The molecule has 1 fully saturated rings. The molecule has 2 aromatic carbocycles. The Balaban J connectivity index is 1.76. The van der Waals surface area contributed by atoms with E-state index in [9.17, 15) is 9.18 Å². The summed E-state index contributed by atoms with van der Waals surface area (Å²) in [5.74, 6) is -0.720. The Hall–Kier alpha value is -2.44. The molecule has 0 aliphatic carbocycles. The molecule has 2 N–H and O–H groups in total. The zero-order valence-electron chi connectivity index (χ0n) is 14.8. The van der Waals surface area contributed by atoms with E-state index in [-0.39, 0.29) is 23.3 Å². The number of rotatable bonds is 6. The van der Waals surface area contributed by atoms with E-state index in [2.05, 4.69) is 5.32 Å². The minimum Gasteiger partial charge on any atom is -0.494 e. The molecule has 1 saturated heterocycles. The van der Waals surface area contributed by atoms with Crippen molar-refractivity contribution in [1.29, 1.82) is 0 Å². The highest BCUT2D eigenvalue weighted by atomic mass is 19.1. The Morgan fingerprint density at radius 1 is 1.23 bits per heavy atom. The van der Waals surface area contributed by atoms with Crippen LogP contribution in [0.4, 0.5) is 4.39 Å². The molecule has 1 aliphatic rings. The summed E-state index contributed by atoms with van der Waals surface area (Å²) >= 11 is 0. The predicted molar refractivity (Wildman–Crippen MR) is 96.0 cm³/mol. The number of methoxy groups -OCH3 is 1. The molecule has 3 rings (SSSR count). The van der Waals surface area contributed by atoms with E-state index in [0.29, 0.717) is 0 Å². The molecule has 6 heteroatoms. The quantitative estimate of drug-likeness (QED) is 0.816. The molecule has 0 aromatic heterocycles. The van der Waals surface area contributed by atoms with E-state index >= 15 is 0 Å². The van der Waals surface area contributed by atoms with Gasteiger partial charge >= 0.3 is 0 Å². The average Bonchev–Trinajstić information content (AvgIpc) is 2.69. The summed E-state index contributed by atoms with van der Waals surface area (Å²) in [6, 6.07) is 13.9. The number of morpholine rings is 1. The van der Waals surface area contributed by atoms with Gasteiger partial charge in [-0.25, -0.2) is 4.39 Å². The first kappa shape index (κ1) is 18.4. The molecule has 1 heterocycles. The second-order valence-corrected chi connectivity index (χ2v) is 6.35. The second-order valence-electron chi connectivity index (χ2n) is 6.35. The summed E-state index contributed by atoms with van der Waals surface area (Å²) in [7, 11) is 1.40. The van der Waals surface area contributed by atoms with Gasteiger partial charge in [-0.2, -0.15) is 0 Å². The summed E-state index contributed by atoms with van der Waals surface area (Å²) in [5.41, 5.74) is 1.31. The number of benzene rings is 2. The van der Waals surface area contributed by atoms with Crippen molar-refractivity contribution >= 4 is 5.91 Å². The minimum absolute atomic E-state index is 0.124. The highest BCUT2D eigenvalue weighted by Gasteiger charge is 2.23. The van der Waals surface area contributed by atoms with Crippen LogP contribution in [0.15, 0.2) is 48.5 Å². The molecule has 1 atom stereocenters. The van der Waals surface area contributed by atoms with Crippen LogP contribution in [0.1, 0.15) is 22.0 Å². The maximum Gasteiger partial charge on any atom is 0.252 e. The number of halogens is 1. The predicted octanol–water partition coefficient (Wildman–Crippen LogP) is 1.22. The fourth-order valence-electron chi connectivity index (χ4n) is 3.14. The number of carbonyl (C=O) groups is 1. The fraction of sp³-hybridized carbons (Fsp3) is 0.350. The van der Waals surface area contributed by atoms with E-state index in [1.54, 1.807) is 6.07 Å². The summed E-state index contributed by atoms with van der Waals surface area (Å²) in [5, 5.41) is 3.05. The summed E-state index contributed by atoms with van der Waals surface area (Å²) in [6.07, 6.45) is 0. The van der Waals surface area contributed by atoms with Gasteiger partial charge in [-0.15, -0.1) is 0 Å². The molecule has 1 amide bonds. The third kappa shape index (κ3) is 4.59. The van der Waals surface area contributed by atoms with Gasteiger partial charge < -0.3 is 19.7 Å². The Labute approximate surface area is 152 Å². The number of ether oxygens (including phenoxy) is 2. The highest BCUT2D eigenvalue weighted by Crippen LogP contribution is 2.18. The monoisotopic (exact) mass is 359 g/mol. The van der Waals surface area contributed by atoms with Gasteiger partial charge in [-0.3, -0.25) is 4.79 Å². The van der Waals surface area contributed by atoms with Crippen molar-refractivity contribution in [3.05, 3.63) is 65.5 Å².